The van der Waals surface area contributed by atoms with E-state index in [0.29, 0.717) is 5.95 Å². The molecule has 0 aliphatic heterocycles. The summed E-state index contributed by atoms with van der Waals surface area (Å²) >= 11 is -2.28. The molecule has 0 bridgehead atoms. The van der Waals surface area contributed by atoms with Crippen LogP contribution in [-0.4, -0.2) is 39.7 Å². The quantitative estimate of drug-likeness (QED) is 0.506. The highest BCUT2D eigenvalue weighted by Gasteiger charge is 2.13. The molecular weight excluding hydrogens is 376 g/mol. The lowest BCUT2D eigenvalue weighted by molar-refractivity contribution is 0.431. The number of rotatable bonds is 6. The molecule has 3 heterocycles. The maximum atomic E-state index is 11.2. The van der Waals surface area contributed by atoms with Crippen LogP contribution in [0.1, 0.15) is 5.56 Å². The molecule has 8 nitrogen and oxygen atoms in total. The van der Waals surface area contributed by atoms with E-state index in [2.05, 4.69) is 20.4 Å². The summed E-state index contributed by atoms with van der Waals surface area (Å²) in [5.41, 5.74) is 4.33. The molecule has 0 amide bonds. The highest BCUT2D eigenvalue weighted by Crippen LogP contribution is 2.27. The molecule has 4 aromatic rings. The molecule has 28 heavy (non-hydrogen) atoms. The summed E-state index contributed by atoms with van der Waals surface area (Å²) in [4.78, 5) is 8.34. The van der Waals surface area contributed by atoms with Crippen LogP contribution >= 0.6 is 0 Å². The van der Waals surface area contributed by atoms with E-state index in [4.69, 9.17) is 0 Å². The minimum Gasteiger partial charge on any atom is -0.760 e. The Hall–Kier alpha value is -3.14. The summed E-state index contributed by atoms with van der Waals surface area (Å²) in [6, 6.07) is 15.2. The average molecular weight is 393 g/mol. The second-order valence-corrected chi connectivity index (χ2v) is 7.22. The van der Waals surface area contributed by atoms with E-state index in [-0.39, 0.29) is 6.54 Å². The number of nitrogens with zero attached hydrogens (tertiary/aromatic N) is 5. The number of fused-ring (bicyclic) bond motifs is 1. The number of aromatic nitrogens is 4. The van der Waals surface area contributed by atoms with E-state index >= 15 is 0 Å². The van der Waals surface area contributed by atoms with Gasteiger partial charge in [0.25, 0.3) is 0 Å². The van der Waals surface area contributed by atoms with Crippen LogP contribution in [0.2, 0.25) is 0 Å². The minimum atomic E-state index is -2.28. The molecule has 0 fully saturated rings. The largest absolute Gasteiger partial charge is 0.760 e. The number of hydrogen-bond donors (Lipinski definition) is 1. The van der Waals surface area contributed by atoms with Crippen LogP contribution in [0, 0.1) is 0 Å². The van der Waals surface area contributed by atoms with Gasteiger partial charge in [0.1, 0.15) is 0 Å². The standard InChI is InChI=1S/C19H18N6O2S/c1-24(28(26)27)13-14-4-2-3-5-17(14)18-7-6-16-12-21-19(23-25(16)18)22-15-8-10-20-11-9-15/h2-12H,13H2,1H3,(H,26,27)(H,20,22,23)/p-1. The van der Waals surface area contributed by atoms with E-state index < -0.39 is 11.3 Å². The van der Waals surface area contributed by atoms with Crippen molar-refractivity contribution in [2.45, 2.75) is 6.54 Å². The van der Waals surface area contributed by atoms with Gasteiger partial charge in [0.2, 0.25) is 5.95 Å². The maximum Gasteiger partial charge on any atom is 0.245 e. The molecule has 1 aromatic carbocycles. The van der Waals surface area contributed by atoms with Crippen molar-refractivity contribution in [2.24, 2.45) is 0 Å². The van der Waals surface area contributed by atoms with Gasteiger partial charge in [-0.25, -0.2) is 13.8 Å². The van der Waals surface area contributed by atoms with Crippen molar-refractivity contribution in [3.05, 3.63) is 72.7 Å². The summed E-state index contributed by atoms with van der Waals surface area (Å²) in [7, 11) is 1.54. The van der Waals surface area contributed by atoms with Gasteiger partial charge in [-0.05, 0) is 36.9 Å². The highest BCUT2D eigenvalue weighted by atomic mass is 32.2. The van der Waals surface area contributed by atoms with Crippen molar-refractivity contribution < 1.29 is 8.76 Å². The number of benzene rings is 1. The molecule has 0 aliphatic carbocycles. The SMILES string of the molecule is CN(Cc1ccccc1-c1ccc2cnc(Nc3ccncc3)nn12)S(=O)[O-]. The first-order valence-electron chi connectivity index (χ1n) is 8.52. The van der Waals surface area contributed by atoms with Gasteiger partial charge in [-0.3, -0.25) is 9.19 Å². The number of hydrogen-bond acceptors (Lipinski definition) is 6. The molecule has 0 saturated heterocycles. The number of pyridine rings is 1. The second-order valence-electron chi connectivity index (χ2n) is 6.16. The fraction of sp³-hybridized carbons (Fsp3) is 0.105. The first-order chi connectivity index (χ1) is 13.6. The Morgan fingerprint density at radius 2 is 1.93 bits per heavy atom. The Labute approximate surface area is 164 Å². The zero-order valence-electron chi connectivity index (χ0n) is 15.0. The van der Waals surface area contributed by atoms with Crippen molar-refractivity contribution in [2.75, 3.05) is 12.4 Å². The van der Waals surface area contributed by atoms with Gasteiger partial charge >= 0.3 is 0 Å². The lowest BCUT2D eigenvalue weighted by atomic mass is 10.0. The Morgan fingerprint density at radius 3 is 2.71 bits per heavy atom. The zero-order chi connectivity index (χ0) is 19.5. The summed E-state index contributed by atoms with van der Waals surface area (Å²) in [6.07, 6.45) is 5.12. The summed E-state index contributed by atoms with van der Waals surface area (Å²) in [6.45, 7) is 0.271. The normalized spacial score (nSPS) is 12.4. The molecule has 9 heteroatoms. The first-order valence-corrected chi connectivity index (χ1v) is 9.55. The van der Waals surface area contributed by atoms with Crippen LogP contribution in [0.3, 0.4) is 0 Å². The zero-order valence-corrected chi connectivity index (χ0v) is 15.8. The lowest BCUT2D eigenvalue weighted by Gasteiger charge is -2.20. The number of nitrogens with one attached hydrogen (secondary N) is 1. The van der Waals surface area contributed by atoms with Crippen LogP contribution in [0.4, 0.5) is 11.6 Å². The maximum absolute atomic E-state index is 11.2. The molecule has 1 unspecified atom stereocenters. The molecule has 1 N–H and O–H groups in total. The van der Waals surface area contributed by atoms with Gasteiger partial charge in [0, 0.05) is 41.5 Å². The Bertz CT molecular complexity index is 1130. The summed E-state index contributed by atoms with van der Waals surface area (Å²) in [5.74, 6) is 0.450. The van der Waals surface area contributed by atoms with Gasteiger partial charge in [-0.2, -0.15) is 0 Å². The van der Waals surface area contributed by atoms with E-state index in [1.54, 1.807) is 23.1 Å². The second kappa shape index (κ2) is 7.85. The van der Waals surface area contributed by atoms with Crippen LogP contribution in [0.25, 0.3) is 16.8 Å². The van der Waals surface area contributed by atoms with E-state index in [1.807, 2.05) is 48.5 Å². The van der Waals surface area contributed by atoms with Crippen LogP contribution in [-0.2, 0) is 17.8 Å². The van der Waals surface area contributed by atoms with Gasteiger partial charge in [0.05, 0.1) is 17.4 Å². The van der Waals surface area contributed by atoms with Crippen molar-refractivity contribution in [1.82, 2.24) is 23.9 Å². The van der Waals surface area contributed by atoms with E-state index in [0.717, 1.165) is 28.0 Å². The van der Waals surface area contributed by atoms with Gasteiger partial charge < -0.3 is 9.87 Å². The van der Waals surface area contributed by atoms with Crippen molar-refractivity contribution >= 4 is 28.4 Å². The molecule has 142 valence electrons. The van der Waals surface area contributed by atoms with E-state index in [9.17, 15) is 8.76 Å². The summed E-state index contributed by atoms with van der Waals surface area (Å²) < 4.78 is 25.5. The molecule has 1 atom stereocenters. The predicted octanol–water partition coefficient (Wildman–Crippen LogP) is 2.76. The van der Waals surface area contributed by atoms with Crippen LogP contribution in [0.15, 0.2) is 67.1 Å². The van der Waals surface area contributed by atoms with Gasteiger partial charge in [-0.1, -0.05) is 24.3 Å². The monoisotopic (exact) mass is 393 g/mol. The molecular formula is C19H17N6O2S-. The molecule has 0 radical (unpaired) electrons. The molecule has 3 aromatic heterocycles. The smallest absolute Gasteiger partial charge is 0.245 e. The first kappa shape index (κ1) is 18.2. The van der Waals surface area contributed by atoms with Crippen LogP contribution < -0.4 is 5.32 Å². The Morgan fingerprint density at radius 1 is 1.14 bits per heavy atom. The molecule has 0 spiro atoms. The lowest BCUT2D eigenvalue weighted by Crippen LogP contribution is -2.20. The Balaban J connectivity index is 1.73. The van der Waals surface area contributed by atoms with Gasteiger partial charge in [0.15, 0.2) is 0 Å². The van der Waals surface area contributed by atoms with Gasteiger partial charge in [-0.15, -0.1) is 5.10 Å². The third-order valence-electron chi connectivity index (χ3n) is 4.28. The predicted molar refractivity (Wildman–Crippen MR) is 106 cm³/mol. The van der Waals surface area contributed by atoms with E-state index in [1.165, 1.54) is 11.4 Å². The van der Waals surface area contributed by atoms with Crippen molar-refractivity contribution in [1.29, 1.82) is 0 Å². The average Bonchev–Trinajstić information content (AvgIpc) is 3.12. The third kappa shape index (κ3) is 3.77. The summed E-state index contributed by atoms with van der Waals surface area (Å²) in [5, 5.41) is 7.75. The van der Waals surface area contributed by atoms with Crippen LogP contribution in [0.5, 0.6) is 0 Å². The molecule has 0 aliphatic rings. The topological polar surface area (TPSA) is 98.5 Å². The fourth-order valence-corrected chi connectivity index (χ4v) is 3.17. The minimum absolute atomic E-state index is 0.271. The Kier molecular flexibility index (Phi) is 5.11. The molecule has 4 rings (SSSR count). The van der Waals surface area contributed by atoms with Crippen molar-refractivity contribution in [3.8, 4) is 11.3 Å². The molecule has 0 saturated carbocycles. The number of anilines is 2. The van der Waals surface area contributed by atoms with Crippen molar-refractivity contribution in [3.63, 3.8) is 0 Å². The fourth-order valence-electron chi connectivity index (χ4n) is 2.93. The highest BCUT2D eigenvalue weighted by molar-refractivity contribution is 7.76. The third-order valence-corrected chi connectivity index (χ3v) is 4.91.